The fourth-order valence-corrected chi connectivity index (χ4v) is 3.60. The van der Waals surface area contributed by atoms with Crippen molar-refractivity contribution in [1.82, 2.24) is 5.32 Å². The van der Waals surface area contributed by atoms with E-state index in [9.17, 15) is 4.39 Å². The van der Waals surface area contributed by atoms with Gasteiger partial charge < -0.3 is 5.32 Å². The second kappa shape index (κ2) is 6.83. The van der Waals surface area contributed by atoms with Crippen molar-refractivity contribution in [2.75, 3.05) is 7.05 Å². The SMILES string of the molecule is CN/C=C1/C=C(c2sc(C)cc2-c2ccc(C#N)c(F)c2)C=NC1=N. The zero-order valence-corrected chi connectivity index (χ0v) is 14.5. The number of amidine groups is 1. The van der Waals surface area contributed by atoms with Crippen molar-refractivity contribution in [3.05, 3.63) is 63.2 Å². The predicted molar refractivity (Wildman–Crippen MR) is 101 cm³/mol. The van der Waals surface area contributed by atoms with Crippen LogP contribution in [0.5, 0.6) is 0 Å². The molecule has 6 heteroatoms. The maximum absolute atomic E-state index is 14.0. The highest BCUT2D eigenvalue weighted by atomic mass is 32.1. The lowest BCUT2D eigenvalue weighted by Gasteiger charge is -2.11. The van der Waals surface area contributed by atoms with Crippen molar-refractivity contribution >= 4 is 29.0 Å². The van der Waals surface area contributed by atoms with Crippen molar-refractivity contribution in [3.63, 3.8) is 0 Å². The Morgan fingerprint density at radius 3 is 2.84 bits per heavy atom. The standard InChI is InChI=1S/C19H15FN4S/c1-11-5-16(12-3-4-13(8-21)17(20)7-12)18(25-11)14-6-15(9-23-2)19(22)24-10-14/h3-7,9-10,22-23H,1-2H3/b15-9-,22-19?. The van der Waals surface area contributed by atoms with E-state index in [1.165, 1.54) is 12.1 Å². The number of thiophene rings is 1. The van der Waals surface area contributed by atoms with Crippen LogP contribution in [0.15, 0.2) is 47.1 Å². The summed E-state index contributed by atoms with van der Waals surface area (Å²) in [4.78, 5) is 6.19. The van der Waals surface area contributed by atoms with E-state index in [0.29, 0.717) is 11.1 Å². The summed E-state index contributed by atoms with van der Waals surface area (Å²) in [5.41, 5.74) is 3.19. The average molecular weight is 350 g/mol. The number of nitrogens with one attached hydrogen (secondary N) is 2. The Labute approximate surface area is 149 Å². The molecule has 0 aliphatic carbocycles. The number of dihydropyridines is 1. The van der Waals surface area contributed by atoms with Crippen LogP contribution in [-0.4, -0.2) is 19.1 Å². The molecule has 0 unspecified atom stereocenters. The number of benzene rings is 1. The van der Waals surface area contributed by atoms with Crippen LogP contribution in [-0.2, 0) is 0 Å². The van der Waals surface area contributed by atoms with Crippen LogP contribution in [0.2, 0.25) is 0 Å². The first-order valence-corrected chi connectivity index (χ1v) is 8.38. The molecular weight excluding hydrogens is 335 g/mol. The second-order valence-corrected chi connectivity index (χ2v) is 6.76. The lowest BCUT2D eigenvalue weighted by molar-refractivity contribution is 0.624. The predicted octanol–water partition coefficient (Wildman–Crippen LogP) is 4.28. The van der Waals surface area contributed by atoms with Crippen molar-refractivity contribution in [2.24, 2.45) is 4.99 Å². The van der Waals surface area contributed by atoms with Crippen LogP contribution in [0.4, 0.5) is 4.39 Å². The third-order valence-electron chi connectivity index (χ3n) is 3.74. The number of halogens is 1. The Bertz CT molecular complexity index is 989. The fraction of sp³-hybridized carbons (Fsp3) is 0.105. The summed E-state index contributed by atoms with van der Waals surface area (Å²) in [5.74, 6) is -0.337. The highest BCUT2D eigenvalue weighted by molar-refractivity contribution is 7.14. The maximum atomic E-state index is 14.0. The van der Waals surface area contributed by atoms with Crippen LogP contribution >= 0.6 is 11.3 Å². The Morgan fingerprint density at radius 2 is 2.16 bits per heavy atom. The van der Waals surface area contributed by atoms with Gasteiger partial charge in [-0.05, 0) is 36.8 Å². The average Bonchev–Trinajstić information content (AvgIpc) is 2.99. The number of nitrogens with zero attached hydrogens (tertiary/aromatic N) is 2. The maximum Gasteiger partial charge on any atom is 0.153 e. The van der Waals surface area contributed by atoms with E-state index in [1.807, 2.05) is 25.1 Å². The van der Waals surface area contributed by atoms with Gasteiger partial charge in [0.25, 0.3) is 0 Å². The van der Waals surface area contributed by atoms with Crippen LogP contribution < -0.4 is 5.32 Å². The highest BCUT2D eigenvalue weighted by Crippen LogP contribution is 2.37. The molecule has 2 heterocycles. The molecule has 0 radical (unpaired) electrons. The van der Waals surface area contributed by atoms with Crippen molar-refractivity contribution in [1.29, 1.82) is 10.7 Å². The third kappa shape index (κ3) is 3.28. The summed E-state index contributed by atoms with van der Waals surface area (Å²) in [7, 11) is 1.77. The third-order valence-corrected chi connectivity index (χ3v) is 4.83. The zero-order valence-electron chi connectivity index (χ0n) is 13.7. The quantitative estimate of drug-likeness (QED) is 0.867. The molecule has 2 aromatic rings. The van der Waals surface area contributed by atoms with Gasteiger partial charge in [0.05, 0.1) is 5.56 Å². The molecule has 4 nitrogen and oxygen atoms in total. The molecule has 124 valence electrons. The summed E-state index contributed by atoms with van der Waals surface area (Å²) in [6.07, 6.45) is 5.27. The molecule has 1 aliphatic rings. The molecule has 2 N–H and O–H groups in total. The number of aliphatic imine (C=N–C) groups is 1. The molecule has 1 aliphatic heterocycles. The van der Waals surface area contributed by atoms with Crippen LogP contribution in [0.25, 0.3) is 16.7 Å². The van der Waals surface area contributed by atoms with E-state index in [0.717, 1.165) is 20.9 Å². The minimum absolute atomic E-state index is 0.0309. The number of rotatable bonds is 3. The summed E-state index contributed by atoms with van der Waals surface area (Å²) < 4.78 is 14.0. The van der Waals surface area contributed by atoms with E-state index in [2.05, 4.69) is 10.3 Å². The van der Waals surface area contributed by atoms with Gasteiger partial charge in [-0.3, -0.25) is 5.41 Å². The first-order valence-electron chi connectivity index (χ1n) is 7.56. The van der Waals surface area contributed by atoms with Gasteiger partial charge >= 0.3 is 0 Å². The molecule has 0 fully saturated rings. The Kier molecular flexibility index (Phi) is 4.59. The minimum Gasteiger partial charge on any atom is -0.393 e. The Hall–Kier alpha value is -3.04. The van der Waals surface area contributed by atoms with E-state index < -0.39 is 5.82 Å². The highest BCUT2D eigenvalue weighted by Gasteiger charge is 2.17. The first-order chi connectivity index (χ1) is 12.0. The lowest BCUT2D eigenvalue weighted by atomic mass is 9.99. The van der Waals surface area contributed by atoms with Gasteiger partial charge in [0.1, 0.15) is 11.9 Å². The van der Waals surface area contributed by atoms with Crippen molar-refractivity contribution in [3.8, 4) is 17.2 Å². The molecule has 3 rings (SSSR count). The van der Waals surface area contributed by atoms with E-state index >= 15 is 0 Å². The molecule has 0 spiro atoms. The van der Waals surface area contributed by atoms with E-state index in [4.69, 9.17) is 10.7 Å². The molecule has 1 aromatic carbocycles. The summed E-state index contributed by atoms with van der Waals surface area (Å²) in [6, 6.07) is 8.46. The molecule has 1 aromatic heterocycles. The van der Waals surface area contributed by atoms with Crippen LogP contribution in [0, 0.1) is 29.5 Å². The fourth-order valence-electron chi connectivity index (χ4n) is 2.59. The van der Waals surface area contributed by atoms with Gasteiger partial charge in [-0.25, -0.2) is 9.38 Å². The molecule has 0 atom stereocenters. The summed E-state index contributed by atoms with van der Waals surface area (Å²) in [6.45, 7) is 1.99. The number of aryl methyl sites for hydroxylation is 1. The molecular formula is C19H15FN4S. The number of hydrogen-bond donors (Lipinski definition) is 2. The molecule has 0 saturated heterocycles. The molecule has 0 saturated carbocycles. The number of allylic oxidation sites excluding steroid dienone is 1. The van der Waals surface area contributed by atoms with Gasteiger partial charge in [-0.1, -0.05) is 6.07 Å². The first kappa shape index (κ1) is 16.8. The Morgan fingerprint density at radius 1 is 1.36 bits per heavy atom. The smallest absolute Gasteiger partial charge is 0.153 e. The molecule has 0 bridgehead atoms. The normalized spacial score (nSPS) is 15.2. The van der Waals surface area contributed by atoms with Gasteiger partial charge in [0, 0.05) is 45.9 Å². The van der Waals surface area contributed by atoms with Gasteiger partial charge in [-0.15, -0.1) is 11.3 Å². The largest absolute Gasteiger partial charge is 0.393 e. The van der Waals surface area contributed by atoms with Gasteiger partial charge in [0.2, 0.25) is 0 Å². The molecule has 25 heavy (non-hydrogen) atoms. The minimum atomic E-state index is -0.529. The monoisotopic (exact) mass is 350 g/mol. The van der Waals surface area contributed by atoms with E-state index in [-0.39, 0.29) is 11.4 Å². The second-order valence-electron chi connectivity index (χ2n) is 5.50. The zero-order chi connectivity index (χ0) is 18.0. The number of nitriles is 1. The topological polar surface area (TPSA) is 72.0 Å². The summed E-state index contributed by atoms with van der Waals surface area (Å²) in [5, 5.41) is 19.7. The van der Waals surface area contributed by atoms with Crippen molar-refractivity contribution < 1.29 is 4.39 Å². The Balaban J connectivity index is 2.11. The van der Waals surface area contributed by atoms with Crippen LogP contribution in [0.3, 0.4) is 0 Å². The van der Waals surface area contributed by atoms with Crippen LogP contribution in [0.1, 0.15) is 15.3 Å². The van der Waals surface area contributed by atoms with Crippen molar-refractivity contribution in [2.45, 2.75) is 6.92 Å². The number of hydrogen-bond acceptors (Lipinski definition) is 4. The van der Waals surface area contributed by atoms with E-state index in [1.54, 1.807) is 36.9 Å². The van der Waals surface area contributed by atoms with Gasteiger partial charge in [-0.2, -0.15) is 5.26 Å². The molecule has 0 amide bonds. The lowest BCUT2D eigenvalue weighted by Crippen LogP contribution is -2.07. The van der Waals surface area contributed by atoms with Gasteiger partial charge in [0.15, 0.2) is 5.84 Å². The summed E-state index contributed by atoms with van der Waals surface area (Å²) >= 11 is 1.59.